The molecule has 0 aliphatic carbocycles. The van der Waals surface area contributed by atoms with Crippen molar-refractivity contribution >= 4 is 29.1 Å². The smallest absolute Gasteiger partial charge is 0.307 e. The fourth-order valence-electron chi connectivity index (χ4n) is 4.11. The zero-order chi connectivity index (χ0) is 25.4. The minimum absolute atomic E-state index is 0.0653. The highest BCUT2D eigenvalue weighted by Crippen LogP contribution is 2.50. The van der Waals surface area contributed by atoms with Gasteiger partial charge in [-0.3, -0.25) is 4.79 Å². The van der Waals surface area contributed by atoms with Crippen LogP contribution in [0.2, 0.25) is 10.0 Å². The standard InChI is InChI=1S/C28H19Cl2F2NO3/c1-16(17-5-3-2-4-6-17)33-27(34)21-14-25-26(15-24(21)32)36-28(35-25,18-7-10-20(31)11-8-18)22-12-9-19(29)13-23(22)30/h2-16H,1H3,(H,33,34)/t16-,28?/m1/s1. The predicted molar refractivity (Wildman–Crippen MR) is 134 cm³/mol. The van der Waals surface area contributed by atoms with Gasteiger partial charge in [-0.1, -0.05) is 53.5 Å². The third kappa shape index (κ3) is 4.38. The molecular weight excluding hydrogens is 507 g/mol. The number of rotatable bonds is 5. The lowest BCUT2D eigenvalue weighted by atomic mass is 9.97. The van der Waals surface area contributed by atoms with Crippen LogP contribution in [0.25, 0.3) is 0 Å². The molecule has 0 spiro atoms. The molecule has 36 heavy (non-hydrogen) atoms. The Balaban J connectivity index is 1.53. The summed E-state index contributed by atoms with van der Waals surface area (Å²) in [4.78, 5) is 13.0. The molecule has 5 rings (SSSR count). The quantitative estimate of drug-likeness (QED) is 0.294. The molecule has 1 N–H and O–H groups in total. The molecule has 1 amide bonds. The number of amides is 1. The molecule has 0 saturated heterocycles. The fraction of sp³-hybridized carbons (Fsp3) is 0.107. The van der Waals surface area contributed by atoms with Crippen molar-refractivity contribution in [2.24, 2.45) is 0 Å². The zero-order valence-electron chi connectivity index (χ0n) is 18.9. The van der Waals surface area contributed by atoms with E-state index in [0.717, 1.165) is 11.6 Å². The zero-order valence-corrected chi connectivity index (χ0v) is 20.4. The van der Waals surface area contributed by atoms with E-state index in [1.54, 1.807) is 19.1 Å². The highest BCUT2D eigenvalue weighted by atomic mass is 35.5. The van der Waals surface area contributed by atoms with Crippen molar-refractivity contribution in [2.75, 3.05) is 0 Å². The minimum atomic E-state index is -1.66. The summed E-state index contributed by atoms with van der Waals surface area (Å²) in [5.74, 6) is -3.31. The monoisotopic (exact) mass is 525 g/mol. The Hall–Kier alpha value is -3.61. The van der Waals surface area contributed by atoms with Crippen molar-refractivity contribution < 1.29 is 23.0 Å². The maximum atomic E-state index is 15.1. The first-order valence-corrected chi connectivity index (χ1v) is 11.8. The molecule has 1 aliphatic heterocycles. The Kier molecular flexibility index (Phi) is 6.33. The molecule has 0 radical (unpaired) electrons. The van der Waals surface area contributed by atoms with Gasteiger partial charge in [0.2, 0.25) is 0 Å². The number of carbonyl (C=O) groups excluding carboxylic acids is 1. The van der Waals surface area contributed by atoms with Crippen LogP contribution >= 0.6 is 23.2 Å². The Morgan fingerprint density at radius 3 is 2.22 bits per heavy atom. The van der Waals surface area contributed by atoms with Gasteiger partial charge in [0.25, 0.3) is 5.91 Å². The lowest BCUT2D eigenvalue weighted by Gasteiger charge is -2.29. The van der Waals surface area contributed by atoms with Crippen LogP contribution in [-0.4, -0.2) is 5.91 Å². The highest BCUT2D eigenvalue weighted by molar-refractivity contribution is 6.35. The second-order valence-electron chi connectivity index (χ2n) is 8.34. The second kappa shape index (κ2) is 9.45. The van der Waals surface area contributed by atoms with Gasteiger partial charge in [0.1, 0.15) is 11.6 Å². The molecule has 0 saturated carbocycles. The van der Waals surface area contributed by atoms with Gasteiger partial charge < -0.3 is 14.8 Å². The lowest BCUT2D eigenvalue weighted by Crippen LogP contribution is -2.37. The van der Waals surface area contributed by atoms with E-state index in [9.17, 15) is 9.18 Å². The molecule has 2 atom stereocenters. The Labute approximate surface area is 216 Å². The first kappa shape index (κ1) is 24.1. The number of nitrogens with one attached hydrogen (secondary N) is 1. The molecule has 4 nitrogen and oxygen atoms in total. The maximum absolute atomic E-state index is 15.1. The number of hydrogen-bond acceptors (Lipinski definition) is 3. The molecule has 1 unspecified atom stereocenters. The first-order valence-electron chi connectivity index (χ1n) is 11.1. The average Bonchev–Trinajstić information content (AvgIpc) is 3.23. The molecule has 0 bridgehead atoms. The molecule has 0 fully saturated rings. The minimum Gasteiger partial charge on any atom is -0.440 e. The van der Waals surface area contributed by atoms with Crippen molar-refractivity contribution in [3.63, 3.8) is 0 Å². The van der Waals surface area contributed by atoms with E-state index in [1.165, 1.54) is 36.4 Å². The van der Waals surface area contributed by atoms with Crippen LogP contribution in [0.5, 0.6) is 11.5 Å². The predicted octanol–water partition coefficient (Wildman–Crippen LogP) is 7.44. The van der Waals surface area contributed by atoms with Crippen molar-refractivity contribution in [1.82, 2.24) is 5.32 Å². The number of benzene rings is 4. The van der Waals surface area contributed by atoms with Gasteiger partial charge in [-0.15, -0.1) is 0 Å². The van der Waals surface area contributed by atoms with Crippen LogP contribution in [0.4, 0.5) is 8.78 Å². The van der Waals surface area contributed by atoms with Gasteiger partial charge in [0, 0.05) is 16.7 Å². The molecule has 8 heteroatoms. The third-order valence-electron chi connectivity index (χ3n) is 5.94. The van der Waals surface area contributed by atoms with Gasteiger partial charge in [-0.25, -0.2) is 8.78 Å². The molecule has 4 aromatic carbocycles. The largest absolute Gasteiger partial charge is 0.440 e. The van der Waals surface area contributed by atoms with Gasteiger partial charge >= 0.3 is 5.79 Å². The number of fused-ring (bicyclic) bond motifs is 1. The van der Waals surface area contributed by atoms with Gasteiger partial charge in [0.15, 0.2) is 11.5 Å². The number of halogens is 4. The summed E-state index contributed by atoms with van der Waals surface area (Å²) in [7, 11) is 0. The molecule has 0 aromatic heterocycles. The summed E-state index contributed by atoms with van der Waals surface area (Å²) < 4.78 is 41.2. The van der Waals surface area contributed by atoms with E-state index in [-0.39, 0.29) is 28.1 Å². The normalized spacial score (nSPS) is 17.0. The first-order chi connectivity index (χ1) is 17.3. The number of ether oxygens (including phenoxy) is 2. The van der Waals surface area contributed by atoms with Crippen LogP contribution in [0.3, 0.4) is 0 Å². The average molecular weight is 526 g/mol. The van der Waals surface area contributed by atoms with Crippen LogP contribution in [0, 0.1) is 11.6 Å². The Morgan fingerprint density at radius 2 is 1.56 bits per heavy atom. The van der Waals surface area contributed by atoms with Crippen LogP contribution in [-0.2, 0) is 5.79 Å². The van der Waals surface area contributed by atoms with Crippen LogP contribution in [0.15, 0.2) is 84.9 Å². The topological polar surface area (TPSA) is 47.6 Å². The molecule has 1 heterocycles. The van der Waals surface area contributed by atoms with Gasteiger partial charge in [0.05, 0.1) is 22.2 Å². The lowest BCUT2D eigenvalue weighted by molar-refractivity contribution is -0.0459. The van der Waals surface area contributed by atoms with Crippen molar-refractivity contribution in [3.8, 4) is 11.5 Å². The maximum Gasteiger partial charge on any atom is 0.307 e. The highest BCUT2D eigenvalue weighted by Gasteiger charge is 2.47. The summed E-state index contributed by atoms with van der Waals surface area (Å²) in [6.07, 6.45) is 0. The van der Waals surface area contributed by atoms with E-state index in [1.807, 2.05) is 30.3 Å². The van der Waals surface area contributed by atoms with E-state index in [2.05, 4.69) is 5.32 Å². The summed E-state index contributed by atoms with van der Waals surface area (Å²) in [5.41, 5.74) is 1.45. The molecule has 1 aliphatic rings. The summed E-state index contributed by atoms with van der Waals surface area (Å²) in [5, 5.41) is 3.42. The summed E-state index contributed by atoms with van der Waals surface area (Å²) in [6.45, 7) is 1.81. The Morgan fingerprint density at radius 1 is 0.889 bits per heavy atom. The van der Waals surface area contributed by atoms with E-state index in [4.69, 9.17) is 32.7 Å². The SMILES string of the molecule is C[C@@H](NC(=O)c1cc2c(cc1F)OC(c1ccc(F)cc1)(c1ccc(Cl)cc1Cl)O2)c1ccccc1. The second-order valence-corrected chi connectivity index (χ2v) is 9.18. The summed E-state index contributed by atoms with van der Waals surface area (Å²) >= 11 is 12.6. The molecule has 4 aromatic rings. The van der Waals surface area contributed by atoms with Gasteiger partial charge in [-0.2, -0.15) is 0 Å². The van der Waals surface area contributed by atoms with Crippen molar-refractivity contribution in [1.29, 1.82) is 0 Å². The van der Waals surface area contributed by atoms with Gasteiger partial charge in [-0.05, 0) is 61.0 Å². The van der Waals surface area contributed by atoms with Crippen molar-refractivity contribution in [2.45, 2.75) is 18.8 Å². The van der Waals surface area contributed by atoms with Crippen LogP contribution < -0.4 is 14.8 Å². The summed E-state index contributed by atoms with van der Waals surface area (Å²) in [6, 6.07) is 21.6. The Bertz CT molecular complexity index is 1450. The van der Waals surface area contributed by atoms with E-state index >= 15 is 4.39 Å². The van der Waals surface area contributed by atoms with E-state index in [0.29, 0.717) is 16.1 Å². The number of hydrogen-bond donors (Lipinski definition) is 1. The van der Waals surface area contributed by atoms with Crippen molar-refractivity contribution in [3.05, 3.63) is 129 Å². The van der Waals surface area contributed by atoms with Crippen LogP contribution in [0.1, 0.15) is 40.0 Å². The molecular formula is C28H19Cl2F2NO3. The number of carbonyl (C=O) groups is 1. The third-order valence-corrected chi connectivity index (χ3v) is 6.49. The molecule has 182 valence electrons. The fourth-order valence-corrected chi connectivity index (χ4v) is 4.64. The van der Waals surface area contributed by atoms with E-state index < -0.39 is 23.3 Å².